The highest BCUT2D eigenvalue weighted by Crippen LogP contribution is 2.36. The van der Waals surface area contributed by atoms with Gasteiger partial charge in [0.25, 0.3) is 0 Å². The van der Waals surface area contributed by atoms with E-state index in [9.17, 15) is 23.9 Å². The smallest absolute Gasteiger partial charge is 0.410 e. The number of carbonyl (C=O) groups excluding carboxylic acids is 3. The third-order valence-corrected chi connectivity index (χ3v) is 5.84. The fraction of sp³-hybridized carbons (Fsp3) is 0.400. The van der Waals surface area contributed by atoms with Crippen LogP contribution in [0, 0.1) is 11.7 Å². The van der Waals surface area contributed by atoms with Gasteiger partial charge < -0.3 is 25.4 Å². The first kappa shape index (κ1) is 26.4. The number of nitrogens with one attached hydrogen (secondary N) is 2. The Morgan fingerprint density at radius 2 is 1.89 bits per heavy atom. The number of rotatable bonds is 5. The lowest BCUT2D eigenvalue weighted by molar-refractivity contribution is -0.136. The van der Waals surface area contributed by atoms with Crippen LogP contribution in [0.2, 0.25) is 5.02 Å². The highest BCUT2D eigenvalue weighted by atomic mass is 35.5. The summed E-state index contributed by atoms with van der Waals surface area (Å²) in [4.78, 5) is 38.8. The van der Waals surface area contributed by atoms with Gasteiger partial charge in [-0.3, -0.25) is 9.59 Å². The highest BCUT2D eigenvalue weighted by molar-refractivity contribution is 6.39. The predicted octanol–water partition coefficient (Wildman–Crippen LogP) is 3.81. The molecule has 0 bridgehead atoms. The molecule has 0 spiro atoms. The van der Waals surface area contributed by atoms with Gasteiger partial charge >= 0.3 is 17.9 Å². The molecule has 3 rings (SSSR count). The quantitative estimate of drug-likeness (QED) is 0.536. The van der Waals surface area contributed by atoms with E-state index in [1.807, 2.05) is 18.2 Å². The Labute approximate surface area is 208 Å². The number of amides is 3. The van der Waals surface area contributed by atoms with Crippen molar-refractivity contribution < 1.29 is 28.6 Å². The van der Waals surface area contributed by atoms with Gasteiger partial charge in [0, 0.05) is 31.8 Å². The maximum atomic E-state index is 13.6. The molecule has 0 aromatic heterocycles. The number of hydrogen-bond acceptors (Lipinski definition) is 5. The molecule has 0 saturated heterocycles. The number of aliphatic hydroxyl groups is 1. The molecule has 0 heterocycles. The number of halogens is 2. The summed E-state index contributed by atoms with van der Waals surface area (Å²) >= 11 is 5.64. The zero-order chi connectivity index (χ0) is 25.9. The fourth-order valence-electron chi connectivity index (χ4n) is 3.88. The fourth-order valence-corrected chi connectivity index (χ4v) is 4.00. The molecule has 10 heteroatoms. The molecule has 0 radical (unpaired) electrons. The Kier molecular flexibility index (Phi) is 8.02. The van der Waals surface area contributed by atoms with Crippen LogP contribution in [-0.2, 0) is 27.3 Å². The standard InChI is InChI=1S/C25H29ClFN3O5/c1-25(2,3)35-24(34)30(4)12-14-5-6-15-10-16(13-31)21(18(15)9-14)29-23(33)22(32)28-17-7-8-19(26)20(27)11-17/h5-9,11,16,21,31H,10,12-13H2,1-4H3,(H,28,32)(H,29,33)/t16-,21-/m1/s1. The van der Waals surface area contributed by atoms with Gasteiger partial charge in [0.15, 0.2) is 0 Å². The van der Waals surface area contributed by atoms with E-state index in [1.54, 1.807) is 27.8 Å². The first-order valence-corrected chi connectivity index (χ1v) is 11.5. The molecule has 35 heavy (non-hydrogen) atoms. The number of anilines is 1. The van der Waals surface area contributed by atoms with Crippen molar-refractivity contribution in [3.63, 3.8) is 0 Å². The molecule has 0 aliphatic heterocycles. The first-order valence-electron chi connectivity index (χ1n) is 11.1. The number of carbonyl (C=O) groups is 3. The first-order chi connectivity index (χ1) is 16.4. The molecule has 188 valence electrons. The van der Waals surface area contributed by atoms with Gasteiger partial charge in [-0.05, 0) is 62.1 Å². The van der Waals surface area contributed by atoms with E-state index in [0.717, 1.165) is 22.8 Å². The van der Waals surface area contributed by atoms with Crippen molar-refractivity contribution in [2.45, 2.75) is 45.4 Å². The Morgan fingerprint density at radius 3 is 2.51 bits per heavy atom. The summed E-state index contributed by atoms with van der Waals surface area (Å²) in [5.41, 5.74) is 1.96. The second kappa shape index (κ2) is 10.6. The third kappa shape index (κ3) is 6.70. The van der Waals surface area contributed by atoms with E-state index < -0.39 is 35.4 Å². The van der Waals surface area contributed by atoms with Crippen LogP contribution in [-0.4, -0.2) is 47.2 Å². The van der Waals surface area contributed by atoms with Crippen molar-refractivity contribution >= 4 is 35.2 Å². The molecule has 0 saturated carbocycles. The van der Waals surface area contributed by atoms with Gasteiger partial charge in [-0.1, -0.05) is 29.8 Å². The lowest BCUT2D eigenvalue weighted by Crippen LogP contribution is -2.40. The molecule has 2 atom stereocenters. The van der Waals surface area contributed by atoms with Gasteiger partial charge in [0.1, 0.15) is 11.4 Å². The normalized spacial score (nSPS) is 16.9. The van der Waals surface area contributed by atoms with E-state index in [1.165, 1.54) is 17.0 Å². The maximum absolute atomic E-state index is 13.6. The van der Waals surface area contributed by atoms with E-state index in [-0.39, 0.29) is 29.8 Å². The van der Waals surface area contributed by atoms with Crippen LogP contribution in [0.15, 0.2) is 36.4 Å². The summed E-state index contributed by atoms with van der Waals surface area (Å²) in [5, 5.41) is 14.8. The summed E-state index contributed by atoms with van der Waals surface area (Å²) in [7, 11) is 1.63. The number of ether oxygens (including phenoxy) is 1. The predicted molar refractivity (Wildman–Crippen MR) is 129 cm³/mol. The molecule has 8 nitrogen and oxygen atoms in total. The number of aliphatic hydroxyl groups excluding tert-OH is 1. The Bertz CT molecular complexity index is 1130. The summed E-state index contributed by atoms with van der Waals surface area (Å²) in [6, 6.07) is 8.67. The summed E-state index contributed by atoms with van der Waals surface area (Å²) in [5.74, 6) is -2.95. The molecule has 2 aromatic rings. The van der Waals surface area contributed by atoms with Crippen molar-refractivity contribution in [1.82, 2.24) is 10.2 Å². The molecular formula is C25H29ClFN3O5. The van der Waals surface area contributed by atoms with E-state index in [0.29, 0.717) is 6.42 Å². The lowest BCUT2D eigenvalue weighted by atomic mass is 10.00. The second-order valence-electron chi connectivity index (χ2n) is 9.55. The van der Waals surface area contributed by atoms with Crippen LogP contribution in [0.5, 0.6) is 0 Å². The molecule has 1 aliphatic rings. The average Bonchev–Trinajstić information content (AvgIpc) is 3.11. The van der Waals surface area contributed by atoms with Crippen LogP contribution < -0.4 is 10.6 Å². The Hall–Kier alpha value is -3.17. The zero-order valence-electron chi connectivity index (χ0n) is 20.0. The van der Waals surface area contributed by atoms with Gasteiger partial charge in [-0.15, -0.1) is 0 Å². The van der Waals surface area contributed by atoms with E-state index in [2.05, 4.69) is 10.6 Å². The number of fused-ring (bicyclic) bond motifs is 1. The summed E-state index contributed by atoms with van der Waals surface area (Å²) in [6.07, 6.45) is 0.0505. The van der Waals surface area contributed by atoms with E-state index >= 15 is 0 Å². The average molecular weight is 506 g/mol. The van der Waals surface area contributed by atoms with Crippen molar-refractivity contribution in [3.05, 3.63) is 63.9 Å². The number of benzene rings is 2. The molecule has 0 fully saturated rings. The van der Waals surface area contributed by atoms with Crippen LogP contribution in [0.1, 0.15) is 43.5 Å². The monoisotopic (exact) mass is 505 g/mol. The molecule has 3 N–H and O–H groups in total. The minimum atomic E-state index is -0.974. The van der Waals surface area contributed by atoms with Gasteiger partial charge in [-0.25, -0.2) is 9.18 Å². The Morgan fingerprint density at radius 1 is 1.17 bits per heavy atom. The van der Waals surface area contributed by atoms with Crippen molar-refractivity contribution in [2.24, 2.45) is 5.92 Å². The highest BCUT2D eigenvalue weighted by Gasteiger charge is 2.35. The van der Waals surface area contributed by atoms with Crippen LogP contribution >= 0.6 is 11.6 Å². The van der Waals surface area contributed by atoms with Crippen LogP contribution in [0.25, 0.3) is 0 Å². The van der Waals surface area contributed by atoms with Crippen molar-refractivity contribution in [1.29, 1.82) is 0 Å². The summed E-state index contributed by atoms with van der Waals surface area (Å²) in [6.45, 7) is 5.44. The van der Waals surface area contributed by atoms with Gasteiger partial charge in [0.2, 0.25) is 0 Å². The van der Waals surface area contributed by atoms with Crippen LogP contribution in [0.3, 0.4) is 0 Å². The Balaban J connectivity index is 1.72. The zero-order valence-corrected chi connectivity index (χ0v) is 20.8. The summed E-state index contributed by atoms with van der Waals surface area (Å²) < 4.78 is 19.0. The van der Waals surface area contributed by atoms with Crippen molar-refractivity contribution in [2.75, 3.05) is 19.0 Å². The molecular weight excluding hydrogens is 477 g/mol. The third-order valence-electron chi connectivity index (χ3n) is 5.53. The number of hydrogen-bond donors (Lipinski definition) is 3. The largest absolute Gasteiger partial charge is 0.444 e. The minimum Gasteiger partial charge on any atom is -0.444 e. The number of nitrogens with zero attached hydrogens (tertiary/aromatic N) is 1. The van der Waals surface area contributed by atoms with E-state index in [4.69, 9.17) is 16.3 Å². The molecule has 0 unspecified atom stereocenters. The maximum Gasteiger partial charge on any atom is 0.410 e. The lowest BCUT2D eigenvalue weighted by Gasteiger charge is -2.25. The topological polar surface area (TPSA) is 108 Å². The van der Waals surface area contributed by atoms with Crippen LogP contribution in [0.4, 0.5) is 14.9 Å². The molecule has 1 aliphatic carbocycles. The second-order valence-corrected chi connectivity index (χ2v) is 9.96. The minimum absolute atomic E-state index is 0.0880. The molecule has 3 amide bonds. The van der Waals surface area contributed by atoms with Crippen molar-refractivity contribution in [3.8, 4) is 0 Å². The SMILES string of the molecule is CN(Cc1ccc2c(c1)[C@H](NC(=O)C(=O)Nc1ccc(Cl)c(F)c1)[C@@H](CO)C2)C(=O)OC(C)(C)C. The molecule has 2 aromatic carbocycles. The van der Waals surface area contributed by atoms with Gasteiger partial charge in [0.05, 0.1) is 11.1 Å². The van der Waals surface area contributed by atoms with Gasteiger partial charge in [-0.2, -0.15) is 0 Å².